The third-order valence-electron chi connectivity index (χ3n) is 3.58. The molecule has 1 atom stereocenters. The molecule has 0 spiro atoms. The van der Waals surface area contributed by atoms with E-state index < -0.39 is 5.97 Å². The highest BCUT2D eigenvalue weighted by atomic mass is 35.5. The second-order valence-corrected chi connectivity index (χ2v) is 5.33. The highest BCUT2D eigenvalue weighted by Crippen LogP contribution is 2.22. The van der Waals surface area contributed by atoms with Crippen molar-refractivity contribution in [1.29, 1.82) is 0 Å². The van der Waals surface area contributed by atoms with E-state index >= 15 is 0 Å². The summed E-state index contributed by atoms with van der Waals surface area (Å²) in [6.45, 7) is 3.57. The normalized spacial score (nSPS) is 20.9. The first-order valence-corrected chi connectivity index (χ1v) is 6.67. The molecule has 98 valence electrons. The second kappa shape index (κ2) is 5.72. The van der Waals surface area contributed by atoms with E-state index in [1.807, 2.05) is 25.1 Å². The molecule has 1 aromatic rings. The molecule has 1 aromatic carbocycles. The SMILES string of the molecule is Cc1cc(Cl)ccc1CN1CCCCC1C(=O)O. The van der Waals surface area contributed by atoms with Crippen molar-refractivity contribution >= 4 is 17.6 Å². The number of rotatable bonds is 3. The van der Waals surface area contributed by atoms with Gasteiger partial charge in [0.05, 0.1) is 0 Å². The molecule has 2 rings (SSSR count). The zero-order valence-electron chi connectivity index (χ0n) is 10.5. The molecule has 0 aromatic heterocycles. The number of hydrogen-bond donors (Lipinski definition) is 1. The molecule has 1 fully saturated rings. The van der Waals surface area contributed by atoms with Crippen LogP contribution in [0.25, 0.3) is 0 Å². The van der Waals surface area contributed by atoms with Gasteiger partial charge in [0.1, 0.15) is 6.04 Å². The van der Waals surface area contributed by atoms with Gasteiger partial charge < -0.3 is 5.11 Å². The lowest BCUT2D eigenvalue weighted by molar-refractivity contribution is -0.144. The maximum atomic E-state index is 11.2. The minimum atomic E-state index is -0.707. The Balaban J connectivity index is 2.13. The van der Waals surface area contributed by atoms with Crippen LogP contribution in [0.5, 0.6) is 0 Å². The monoisotopic (exact) mass is 267 g/mol. The molecule has 0 aliphatic carbocycles. The number of benzene rings is 1. The van der Waals surface area contributed by atoms with Gasteiger partial charge in [-0.1, -0.05) is 24.1 Å². The molecule has 3 nitrogen and oxygen atoms in total. The number of piperidine rings is 1. The van der Waals surface area contributed by atoms with Crippen molar-refractivity contribution in [1.82, 2.24) is 4.90 Å². The number of carbonyl (C=O) groups is 1. The van der Waals surface area contributed by atoms with Gasteiger partial charge in [0.2, 0.25) is 0 Å². The molecular formula is C14H18ClNO2. The molecule has 1 saturated heterocycles. The molecule has 4 heteroatoms. The maximum Gasteiger partial charge on any atom is 0.320 e. The summed E-state index contributed by atoms with van der Waals surface area (Å²) in [5, 5.41) is 9.96. The maximum absolute atomic E-state index is 11.2. The minimum Gasteiger partial charge on any atom is -0.480 e. The number of hydrogen-bond acceptors (Lipinski definition) is 2. The van der Waals surface area contributed by atoms with Gasteiger partial charge in [0.15, 0.2) is 0 Å². The lowest BCUT2D eigenvalue weighted by Gasteiger charge is -2.33. The Morgan fingerprint density at radius 2 is 2.28 bits per heavy atom. The number of likely N-dealkylation sites (tertiary alicyclic amines) is 1. The Bertz CT molecular complexity index is 447. The summed E-state index contributed by atoms with van der Waals surface area (Å²) in [7, 11) is 0. The van der Waals surface area contributed by atoms with E-state index in [0.29, 0.717) is 6.54 Å². The number of carboxylic acids is 1. The van der Waals surface area contributed by atoms with Crippen LogP contribution in [-0.4, -0.2) is 28.6 Å². The summed E-state index contributed by atoms with van der Waals surface area (Å²) in [5.41, 5.74) is 2.28. The van der Waals surface area contributed by atoms with Crippen LogP contribution in [0, 0.1) is 6.92 Å². The van der Waals surface area contributed by atoms with Crippen molar-refractivity contribution in [3.8, 4) is 0 Å². The molecule has 1 aliphatic rings. The molecule has 1 heterocycles. The molecule has 0 amide bonds. The number of aliphatic carboxylic acids is 1. The van der Waals surface area contributed by atoms with Gasteiger partial charge in [-0.15, -0.1) is 0 Å². The van der Waals surface area contributed by atoms with Crippen LogP contribution in [0.4, 0.5) is 0 Å². The molecule has 18 heavy (non-hydrogen) atoms. The van der Waals surface area contributed by atoms with Crippen molar-refractivity contribution < 1.29 is 9.90 Å². The molecule has 1 aliphatic heterocycles. The third-order valence-corrected chi connectivity index (χ3v) is 3.81. The van der Waals surface area contributed by atoms with Crippen LogP contribution in [-0.2, 0) is 11.3 Å². The Kier molecular flexibility index (Phi) is 4.25. The summed E-state index contributed by atoms with van der Waals surface area (Å²) in [6, 6.07) is 5.44. The first-order valence-electron chi connectivity index (χ1n) is 6.30. The van der Waals surface area contributed by atoms with Crippen molar-refractivity contribution in [3.63, 3.8) is 0 Å². The second-order valence-electron chi connectivity index (χ2n) is 4.89. The average Bonchev–Trinajstić information content (AvgIpc) is 2.33. The van der Waals surface area contributed by atoms with Gasteiger partial charge in [-0.25, -0.2) is 0 Å². The van der Waals surface area contributed by atoms with E-state index in [2.05, 4.69) is 4.90 Å². The fourth-order valence-electron chi connectivity index (χ4n) is 2.52. The van der Waals surface area contributed by atoms with Crippen LogP contribution in [0.3, 0.4) is 0 Å². The fourth-order valence-corrected chi connectivity index (χ4v) is 2.74. The van der Waals surface area contributed by atoms with Gasteiger partial charge in [-0.05, 0) is 49.6 Å². The van der Waals surface area contributed by atoms with Crippen LogP contribution in [0.1, 0.15) is 30.4 Å². The molecule has 0 saturated carbocycles. The third kappa shape index (κ3) is 3.03. The van der Waals surface area contributed by atoms with Crippen LogP contribution in [0.15, 0.2) is 18.2 Å². The van der Waals surface area contributed by atoms with Crippen molar-refractivity contribution in [3.05, 3.63) is 34.3 Å². The molecule has 0 bridgehead atoms. The zero-order valence-corrected chi connectivity index (χ0v) is 11.3. The highest BCUT2D eigenvalue weighted by molar-refractivity contribution is 6.30. The van der Waals surface area contributed by atoms with Gasteiger partial charge in [0, 0.05) is 11.6 Å². The number of halogens is 1. The molecule has 1 N–H and O–H groups in total. The predicted molar refractivity (Wildman–Crippen MR) is 71.9 cm³/mol. The lowest BCUT2D eigenvalue weighted by Crippen LogP contribution is -2.44. The van der Waals surface area contributed by atoms with Crippen molar-refractivity contribution in [2.24, 2.45) is 0 Å². The Morgan fingerprint density at radius 1 is 1.50 bits per heavy atom. The quantitative estimate of drug-likeness (QED) is 0.915. The largest absolute Gasteiger partial charge is 0.480 e. The topological polar surface area (TPSA) is 40.5 Å². The summed E-state index contributed by atoms with van der Waals surface area (Å²) in [4.78, 5) is 13.3. The van der Waals surface area contributed by atoms with E-state index in [1.165, 1.54) is 0 Å². The zero-order chi connectivity index (χ0) is 13.1. The lowest BCUT2D eigenvalue weighted by atomic mass is 10.00. The minimum absolute atomic E-state index is 0.339. The van der Waals surface area contributed by atoms with Crippen molar-refractivity contribution in [2.75, 3.05) is 6.54 Å². The Labute approximate surface area is 112 Å². The number of aryl methyl sites for hydroxylation is 1. The Morgan fingerprint density at radius 3 is 2.94 bits per heavy atom. The standard InChI is InChI=1S/C14H18ClNO2/c1-10-8-12(15)6-5-11(10)9-16-7-3-2-4-13(16)14(17)18/h5-6,8,13H,2-4,7,9H2,1H3,(H,17,18). The average molecular weight is 268 g/mol. The van der Waals surface area contributed by atoms with E-state index in [4.69, 9.17) is 11.6 Å². The van der Waals surface area contributed by atoms with E-state index in [9.17, 15) is 9.90 Å². The van der Waals surface area contributed by atoms with Gasteiger partial charge in [-0.2, -0.15) is 0 Å². The first kappa shape index (κ1) is 13.4. The van der Waals surface area contributed by atoms with E-state index in [1.54, 1.807) is 0 Å². The number of carboxylic acid groups (broad SMARTS) is 1. The first-order chi connectivity index (χ1) is 8.58. The summed E-state index contributed by atoms with van der Waals surface area (Å²) < 4.78 is 0. The number of nitrogens with zero attached hydrogens (tertiary/aromatic N) is 1. The van der Waals surface area contributed by atoms with E-state index in [0.717, 1.165) is 42.0 Å². The van der Waals surface area contributed by atoms with Crippen LogP contribution < -0.4 is 0 Å². The van der Waals surface area contributed by atoms with Gasteiger partial charge >= 0.3 is 5.97 Å². The fraction of sp³-hybridized carbons (Fsp3) is 0.500. The van der Waals surface area contributed by atoms with Gasteiger partial charge in [0.25, 0.3) is 0 Å². The van der Waals surface area contributed by atoms with Crippen LogP contribution >= 0.6 is 11.6 Å². The predicted octanol–water partition coefficient (Wildman–Crippen LogP) is 3.09. The smallest absolute Gasteiger partial charge is 0.320 e. The van der Waals surface area contributed by atoms with Gasteiger partial charge in [-0.3, -0.25) is 9.69 Å². The van der Waals surface area contributed by atoms with Crippen LogP contribution in [0.2, 0.25) is 5.02 Å². The summed E-state index contributed by atoms with van der Waals surface area (Å²) in [6.07, 6.45) is 2.84. The Hall–Kier alpha value is -1.06. The summed E-state index contributed by atoms with van der Waals surface area (Å²) >= 11 is 5.93. The van der Waals surface area contributed by atoms with Crippen molar-refractivity contribution in [2.45, 2.75) is 38.8 Å². The molecule has 1 unspecified atom stereocenters. The molecular weight excluding hydrogens is 250 g/mol. The summed E-state index contributed by atoms with van der Waals surface area (Å²) in [5.74, 6) is -0.707. The molecule has 0 radical (unpaired) electrons. The van der Waals surface area contributed by atoms with E-state index in [-0.39, 0.29) is 6.04 Å². The highest BCUT2D eigenvalue weighted by Gasteiger charge is 2.28.